The van der Waals surface area contributed by atoms with Crippen LogP contribution in [0.2, 0.25) is 5.02 Å². The lowest BCUT2D eigenvalue weighted by Crippen LogP contribution is -2.35. The zero-order valence-electron chi connectivity index (χ0n) is 9.66. The van der Waals surface area contributed by atoms with Gasteiger partial charge >= 0.3 is 0 Å². The van der Waals surface area contributed by atoms with Crippen molar-refractivity contribution in [1.29, 1.82) is 0 Å². The minimum Gasteiger partial charge on any atom is -0.345 e. The first-order valence-electron chi connectivity index (χ1n) is 5.33. The van der Waals surface area contributed by atoms with Crippen LogP contribution in [-0.2, 0) is 11.3 Å². The van der Waals surface area contributed by atoms with Gasteiger partial charge in [-0.3, -0.25) is 4.79 Å². The third-order valence-electron chi connectivity index (χ3n) is 2.45. The van der Waals surface area contributed by atoms with E-state index in [-0.39, 0.29) is 5.91 Å². The molecule has 1 rings (SSSR count). The molecule has 0 aliphatic rings. The molecule has 0 radical (unpaired) electrons. The van der Waals surface area contributed by atoms with Gasteiger partial charge in [0, 0.05) is 25.2 Å². The quantitative estimate of drug-likeness (QED) is 0.853. The fourth-order valence-corrected chi connectivity index (χ4v) is 1.46. The van der Waals surface area contributed by atoms with E-state index in [0.717, 1.165) is 17.1 Å². The molecule has 3 nitrogen and oxygen atoms in total. The standard InChI is InChI=1S/C12H17ClN2O/c1-3-15(2)12(16)9-14-8-10-6-4-5-7-11(10)13/h4-7,14H,3,8-9H2,1-2H3. The number of halogens is 1. The van der Waals surface area contributed by atoms with E-state index in [1.165, 1.54) is 0 Å². The SMILES string of the molecule is CCN(C)C(=O)CNCc1ccccc1Cl. The van der Waals surface area contributed by atoms with Gasteiger partial charge in [0.25, 0.3) is 0 Å². The molecule has 0 aromatic heterocycles. The van der Waals surface area contributed by atoms with E-state index in [4.69, 9.17) is 11.6 Å². The molecule has 88 valence electrons. The van der Waals surface area contributed by atoms with Gasteiger partial charge in [-0.15, -0.1) is 0 Å². The van der Waals surface area contributed by atoms with Crippen molar-refractivity contribution >= 4 is 17.5 Å². The van der Waals surface area contributed by atoms with Crippen LogP contribution in [0, 0.1) is 0 Å². The summed E-state index contributed by atoms with van der Waals surface area (Å²) in [6.45, 7) is 3.64. The lowest BCUT2D eigenvalue weighted by molar-refractivity contribution is -0.128. The van der Waals surface area contributed by atoms with Crippen LogP contribution in [0.5, 0.6) is 0 Å². The highest BCUT2D eigenvalue weighted by atomic mass is 35.5. The molecule has 0 bridgehead atoms. The van der Waals surface area contributed by atoms with Crippen molar-refractivity contribution in [2.75, 3.05) is 20.1 Å². The summed E-state index contributed by atoms with van der Waals surface area (Å²) in [4.78, 5) is 13.2. The topological polar surface area (TPSA) is 32.3 Å². The van der Waals surface area contributed by atoms with E-state index in [1.807, 2.05) is 31.2 Å². The number of amides is 1. The van der Waals surface area contributed by atoms with Crippen LogP contribution < -0.4 is 5.32 Å². The number of likely N-dealkylation sites (N-methyl/N-ethyl adjacent to an activating group) is 1. The molecule has 1 amide bonds. The predicted octanol–water partition coefficient (Wildman–Crippen LogP) is 1.91. The van der Waals surface area contributed by atoms with Crippen molar-refractivity contribution in [3.8, 4) is 0 Å². The van der Waals surface area contributed by atoms with Gasteiger partial charge in [-0.05, 0) is 18.6 Å². The molecule has 4 heteroatoms. The average Bonchev–Trinajstić information content (AvgIpc) is 2.30. The zero-order valence-corrected chi connectivity index (χ0v) is 10.4. The van der Waals surface area contributed by atoms with Crippen molar-refractivity contribution in [1.82, 2.24) is 10.2 Å². The number of benzene rings is 1. The number of carbonyl (C=O) groups excluding carboxylic acids is 1. The Bertz CT molecular complexity index is 355. The van der Waals surface area contributed by atoms with Gasteiger partial charge in [-0.2, -0.15) is 0 Å². The molecule has 0 unspecified atom stereocenters. The highest BCUT2D eigenvalue weighted by Gasteiger charge is 2.05. The van der Waals surface area contributed by atoms with Crippen molar-refractivity contribution in [2.24, 2.45) is 0 Å². The van der Waals surface area contributed by atoms with Crippen molar-refractivity contribution in [3.05, 3.63) is 34.9 Å². The Balaban J connectivity index is 2.36. The second kappa shape index (κ2) is 6.51. The van der Waals surface area contributed by atoms with Crippen LogP contribution >= 0.6 is 11.6 Å². The first-order chi connectivity index (χ1) is 7.65. The van der Waals surface area contributed by atoms with E-state index in [1.54, 1.807) is 11.9 Å². The summed E-state index contributed by atoms with van der Waals surface area (Å²) >= 11 is 5.99. The number of carbonyl (C=O) groups is 1. The highest BCUT2D eigenvalue weighted by molar-refractivity contribution is 6.31. The summed E-state index contributed by atoms with van der Waals surface area (Å²) in [5, 5.41) is 3.81. The number of rotatable bonds is 5. The summed E-state index contributed by atoms with van der Waals surface area (Å²) in [5.41, 5.74) is 1.01. The van der Waals surface area contributed by atoms with Crippen LogP contribution in [0.1, 0.15) is 12.5 Å². The van der Waals surface area contributed by atoms with E-state index < -0.39 is 0 Å². The summed E-state index contributed by atoms with van der Waals surface area (Å²) in [7, 11) is 1.79. The largest absolute Gasteiger partial charge is 0.345 e. The number of nitrogens with zero attached hydrogens (tertiary/aromatic N) is 1. The maximum Gasteiger partial charge on any atom is 0.236 e. The van der Waals surface area contributed by atoms with E-state index in [2.05, 4.69) is 5.32 Å². The molecule has 0 saturated carbocycles. The maximum atomic E-state index is 11.5. The smallest absolute Gasteiger partial charge is 0.236 e. The maximum absolute atomic E-state index is 11.5. The lowest BCUT2D eigenvalue weighted by atomic mass is 10.2. The van der Waals surface area contributed by atoms with Gasteiger partial charge in [-0.25, -0.2) is 0 Å². The van der Waals surface area contributed by atoms with Crippen LogP contribution in [0.3, 0.4) is 0 Å². The minimum absolute atomic E-state index is 0.0922. The minimum atomic E-state index is 0.0922. The second-order valence-corrected chi connectivity index (χ2v) is 4.01. The Kier molecular flexibility index (Phi) is 5.29. The lowest BCUT2D eigenvalue weighted by Gasteiger charge is -2.14. The normalized spacial score (nSPS) is 10.2. The zero-order chi connectivity index (χ0) is 12.0. The van der Waals surface area contributed by atoms with Crippen molar-refractivity contribution < 1.29 is 4.79 Å². The highest BCUT2D eigenvalue weighted by Crippen LogP contribution is 2.13. The summed E-state index contributed by atoms with van der Waals surface area (Å²) in [6, 6.07) is 7.62. The van der Waals surface area contributed by atoms with Crippen molar-refractivity contribution in [2.45, 2.75) is 13.5 Å². The molecule has 1 aromatic rings. The molecule has 0 fully saturated rings. The molecule has 0 atom stereocenters. The first-order valence-corrected chi connectivity index (χ1v) is 5.71. The summed E-state index contributed by atoms with van der Waals surface area (Å²) in [5.74, 6) is 0.0922. The molecule has 0 spiro atoms. The Morgan fingerprint density at radius 2 is 2.12 bits per heavy atom. The molecular weight excluding hydrogens is 224 g/mol. The third kappa shape index (κ3) is 3.83. The molecule has 0 heterocycles. The van der Waals surface area contributed by atoms with Crippen LogP contribution in [0.4, 0.5) is 0 Å². The van der Waals surface area contributed by atoms with Gasteiger partial charge in [-0.1, -0.05) is 29.8 Å². The first kappa shape index (κ1) is 13.0. The van der Waals surface area contributed by atoms with Crippen LogP contribution in [0.25, 0.3) is 0 Å². The fourth-order valence-electron chi connectivity index (χ4n) is 1.26. The van der Waals surface area contributed by atoms with Crippen molar-refractivity contribution in [3.63, 3.8) is 0 Å². The van der Waals surface area contributed by atoms with E-state index >= 15 is 0 Å². The van der Waals surface area contributed by atoms with E-state index in [0.29, 0.717) is 13.1 Å². The Labute approximate surface area is 101 Å². The number of nitrogens with one attached hydrogen (secondary N) is 1. The number of hydrogen-bond acceptors (Lipinski definition) is 2. The van der Waals surface area contributed by atoms with Gasteiger partial charge in [0.15, 0.2) is 0 Å². The molecule has 1 N–H and O–H groups in total. The fraction of sp³-hybridized carbons (Fsp3) is 0.417. The van der Waals surface area contributed by atoms with E-state index in [9.17, 15) is 4.79 Å². The Morgan fingerprint density at radius 3 is 2.75 bits per heavy atom. The monoisotopic (exact) mass is 240 g/mol. The van der Waals surface area contributed by atoms with Gasteiger partial charge in [0.1, 0.15) is 0 Å². The predicted molar refractivity (Wildman–Crippen MR) is 66.5 cm³/mol. The Morgan fingerprint density at radius 1 is 1.44 bits per heavy atom. The van der Waals surface area contributed by atoms with Gasteiger partial charge < -0.3 is 10.2 Å². The Hall–Kier alpha value is -1.06. The molecule has 0 saturated heterocycles. The molecule has 0 aliphatic heterocycles. The molecule has 1 aromatic carbocycles. The second-order valence-electron chi connectivity index (χ2n) is 3.60. The third-order valence-corrected chi connectivity index (χ3v) is 2.82. The molecule has 16 heavy (non-hydrogen) atoms. The van der Waals surface area contributed by atoms with Gasteiger partial charge in [0.2, 0.25) is 5.91 Å². The molecule has 0 aliphatic carbocycles. The summed E-state index contributed by atoms with van der Waals surface area (Å²) < 4.78 is 0. The molecular formula is C12H17ClN2O. The number of hydrogen-bond donors (Lipinski definition) is 1. The van der Waals surface area contributed by atoms with Gasteiger partial charge in [0.05, 0.1) is 6.54 Å². The van der Waals surface area contributed by atoms with Crippen LogP contribution in [0.15, 0.2) is 24.3 Å². The summed E-state index contributed by atoms with van der Waals surface area (Å²) in [6.07, 6.45) is 0. The van der Waals surface area contributed by atoms with Crippen LogP contribution in [-0.4, -0.2) is 30.9 Å². The average molecular weight is 241 g/mol.